The molecule has 0 saturated carbocycles. The summed E-state index contributed by atoms with van der Waals surface area (Å²) in [5.74, 6) is -0.327. The van der Waals surface area contributed by atoms with Gasteiger partial charge in [-0.25, -0.2) is 4.98 Å². The topological polar surface area (TPSA) is 96.2 Å². The molecule has 10 heteroatoms. The van der Waals surface area contributed by atoms with Gasteiger partial charge in [-0.05, 0) is 43.9 Å². The van der Waals surface area contributed by atoms with E-state index in [4.69, 9.17) is 0 Å². The molecule has 4 heterocycles. The molecule has 0 spiro atoms. The Labute approximate surface area is 161 Å². The monoisotopic (exact) mass is 389 g/mol. The Bertz CT molecular complexity index is 798. The van der Waals surface area contributed by atoms with Crippen LogP contribution in [0.4, 0.5) is 0 Å². The van der Waals surface area contributed by atoms with Crippen molar-refractivity contribution in [2.24, 2.45) is 0 Å². The second-order valence-corrected chi connectivity index (χ2v) is 7.52. The summed E-state index contributed by atoms with van der Waals surface area (Å²) >= 11 is 1.16. The maximum atomic E-state index is 12.6. The second-order valence-electron chi connectivity index (χ2n) is 6.91. The summed E-state index contributed by atoms with van der Waals surface area (Å²) in [7, 11) is 0. The van der Waals surface area contributed by atoms with Crippen LogP contribution in [0.2, 0.25) is 0 Å². The third kappa shape index (κ3) is 4.01. The number of amides is 2. The fraction of sp³-hybridized carbons (Fsp3) is 0.588. The van der Waals surface area contributed by atoms with Crippen molar-refractivity contribution in [2.75, 3.05) is 32.7 Å². The van der Waals surface area contributed by atoms with E-state index >= 15 is 0 Å². The quantitative estimate of drug-likeness (QED) is 0.805. The van der Waals surface area contributed by atoms with Gasteiger partial charge in [-0.3, -0.25) is 9.59 Å². The molecule has 0 radical (unpaired) electrons. The zero-order valence-corrected chi connectivity index (χ0v) is 16.0. The number of nitrogens with zero attached hydrogens (tertiary/aromatic N) is 6. The number of aryl methyl sites for hydroxylation is 1. The van der Waals surface area contributed by atoms with Crippen LogP contribution in [0.3, 0.4) is 0 Å². The lowest BCUT2D eigenvalue weighted by atomic mass is 10.2. The summed E-state index contributed by atoms with van der Waals surface area (Å²) in [6, 6.07) is 0. The number of nitrogens with one attached hydrogen (secondary N) is 1. The molecule has 0 bridgehead atoms. The first-order valence-electron chi connectivity index (χ1n) is 9.33. The van der Waals surface area contributed by atoms with E-state index in [1.54, 1.807) is 16.6 Å². The van der Waals surface area contributed by atoms with Gasteiger partial charge in [0.2, 0.25) is 0 Å². The number of hydrogen-bond donors (Lipinski definition) is 1. The van der Waals surface area contributed by atoms with Gasteiger partial charge in [0.05, 0.1) is 18.6 Å². The number of hydrogen-bond acceptors (Lipinski definition) is 7. The Kier molecular flexibility index (Phi) is 5.44. The van der Waals surface area contributed by atoms with E-state index in [0.717, 1.165) is 49.8 Å². The fourth-order valence-electron chi connectivity index (χ4n) is 3.66. The standard InChI is InChI=1S/C17H23N7O2S/c25-16(18-4-9-22-5-1-2-6-22)15-14-10-23(7-3-8-24(14)12-19-15)17(26)13-11-27-21-20-13/h11-12H,1-10H2,(H,18,25). The predicted molar refractivity (Wildman–Crippen MR) is 99.5 cm³/mol. The van der Waals surface area contributed by atoms with Crippen molar-refractivity contribution in [3.63, 3.8) is 0 Å². The molecule has 1 N–H and O–H groups in total. The van der Waals surface area contributed by atoms with Gasteiger partial charge in [-0.1, -0.05) is 4.49 Å². The molecular weight excluding hydrogens is 366 g/mol. The molecule has 0 unspecified atom stereocenters. The highest BCUT2D eigenvalue weighted by atomic mass is 32.1. The van der Waals surface area contributed by atoms with Gasteiger partial charge < -0.3 is 19.7 Å². The van der Waals surface area contributed by atoms with Crippen molar-refractivity contribution < 1.29 is 9.59 Å². The summed E-state index contributed by atoms with van der Waals surface area (Å²) in [5, 5.41) is 8.50. The van der Waals surface area contributed by atoms with Crippen LogP contribution in [-0.2, 0) is 13.1 Å². The Hall–Kier alpha value is -2.33. The smallest absolute Gasteiger partial charge is 0.275 e. The minimum absolute atomic E-state index is 0.154. The average Bonchev–Trinajstić information content (AvgIpc) is 3.41. The van der Waals surface area contributed by atoms with Gasteiger partial charge in [0, 0.05) is 31.6 Å². The Morgan fingerprint density at radius 1 is 1.15 bits per heavy atom. The maximum Gasteiger partial charge on any atom is 0.275 e. The van der Waals surface area contributed by atoms with Crippen molar-refractivity contribution in [2.45, 2.75) is 32.4 Å². The number of likely N-dealkylation sites (tertiary alicyclic amines) is 1. The van der Waals surface area contributed by atoms with Crippen LogP contribution in [-0.4, -0.2) is 73.5 Å². The van der Waals surface area contributed by atoms with Crippen LogP contribution in [0.15, 0.2) is 11.7 Å². The normalized spacial score (nSPS) is 17.6. The first kappa shape index (κ1) is 18.1. The van der Waals surface area contributed by atoms with Crippen LogP contribution in [0.1, 0.15) is 45.9 Å². The first-order chi connectivity index (χ1) is 13.2. The third-order valence-corrected chi connectivity index (χ3v) is 5.61. The highest BCUT2D eigenvalue weighted by Gasteiger charge is 2.26. The first-order valence-corrected chi connectivity index (χ1v) is 10.2. The molecule has 144 valence electrons. The molecule has 0 aromatic carbocycles. The number of carbonyl (C=O) groups excluding carboxylic acids is 2. The molecule has 2 amide bonds. The van der Waals surface area contributed by atoms with Crippen LogP contribution < -0.4 is 5.32 Å². The van der Waals surface area contributed by atoms with Gasteiger partial charge in [0.25, 0.3) is 11.8 Å². The SMILES string of the molecule is O=C(NCCN1CCCC1)c1ncn2c1CN(C(=O)c1csnn1)CCC2. The van der Waals surface area contributed by atoms with Crippen molar-refractivity contribution in [3.8, 4) is 0 Å². The zero-order chi connectivity index (χ0) is 18.6. The molecule has 2 aromatic heterocycles. The lowest BCUT2D eigenvalue weighted by Crippen LogP contribution is -2.35. The summed E-state index contributed by atoms with van der Waals surface area (Å²) in [5.41, 5.74) is 1.54. The molecule has 2 aliphatic heterocycles. The number of imidazole rings is 1. The molecular formula is C17H23N7O2S. The van der Waals surface area contributed by atoms with Gasteiger partial charge in [-0.2, -0.15) is 0 Å². The zero-order valence-electron chi connectivity index (χ0n) is 15.1. The molecule has 1 fully saturated rings. The lowest BCUT2D eigenvalue weighted by Gasteiger charge is -2.19. The van der Waals surface area contributed by atoms with E-state index in [9.17, 15) is 9.59 Å². The van der Waals surface area contributed by atoms with E-state index in [1.807, 2.05) is 4.57 Å². The number of aromatic nitrogens is 4. The number of fused-ring (bicyclic) bond motifs is 1. The van der Waals surface area contributed by atoms with Crippen molar-refractivity contribution in [1.29, 1.82) is 0 Å². The van der Waals surface area contributed by atoms with E-state index < -0.39 is 0 Å². The molecule has 4 rings (SSSR count). The van der Waals surface area contributed by atoms with Crippen LogP contribution >= 0.6 is 11.5 Å². The van der Waals surface area contributed by atoms with Crippen molar-refractivity contribution >= 4 is 23.3 Å². The van der Waals surface area contributed by atoms with Crippen molar-refractivity contribution in [3.05, 3.63) is 28.8 Å². The van der Waals surface area contributed by atoms with Crippen LogP contribution in [0.25, 0.3) is 0 Å². The van der Waals surface area contributed by atoms with Gasteiger partial charge in [0.1, 0.15) is 0 Å². The Morgan fingerprint density at radius 2 is 2.00 bits per heavy atom. The van der Waals surface area contributed by atoms with Gasteiger partial charge >= 0.3 is 0 Å². The second kappa shape index (κ2) is 8.13. The summed E-state index contributed by atoms with van der Waals surface area (Å²) in [4.78, 5) is 33.7. The average molecular weight is 389 g/mol. The minimum Gasteiger partial charge on any atom is -0.349 e. The molecule has 0 aliphatic carbocycles. The largest absolute Gasteiger partial charge is 0.349 e. The molecule has 1 saturated heterocycles. The number of carbonyl (C=O) groups is 2. The predicted octanol–water partition coefficient (Wildman–Crippen LogP) is 0.606. The number of rotatable bonds is 5. The highest BCUT2D eigenvalue weighted by molar-refractivity contribution is 7.03. The summed E-state index contributed by atoms with van der Waals surface area (Å²) < 4.78 is 5.74. The molecule has 27 heavy (non-hydrogen) atoms. The third-order valence-electron chi connectivity index (χ3n) is 5.11. The highest BCUT2D eigenvalue weighted by Crippen LogP contribution is 2.18. The molecule has 2 aromatic rings. The van der Waals surface area contributed by atoms with E-state index in [2.05, 4.69) is 24.8 Å². The van der Waals surface area contributed by atoms with Crippen LogP contribution in [0.5, 0.6) is 0 Å². The molecule has 2 aliphatic rings. The minimum atomic E-state index is -0.174. The van der Waals surface area contributed by atoms with E-state index in [1.165, 1.54) is 12.8 Å². The Balaban J connectivity index is 1.43. The summed E-state index contributed by atoms with van der Waals surface area (Å²) in [6.07, 6.45) is 4.98. The van der Waals surface area contributed by atoms with Gasteiger partial charge in [-0.15, -0.1) is 5.10 Å². The maximum absolute atomic E-state index is 12.6. The van der Waals surface area contributed by atoms with E-state index in [0.29, 0.717) is 31.0 Å². The van der Waals surface area contributed by atoms with Crippen molar-refractivity contribution in [1.82, 2.24) is 34.3 Å². The van der Waals surface area contributed by atoms with Gasteiger partial charge in [0.15, 0.2) is 11.4 Å². The lowest BCUT2D eigenvalue weighted by molar-refractivity contribution is 0.0737. The molecule has 9 nitrogen and oxygen atoms in total. The van der Waals surface area contributed by atoms with Crippen LogP contribution in [0, 0.1) is 0 Å². The Morgan fingerprint density at radius 3 is 2.78 bits per heavy atom. The van der Waals surface area contributed by atoms with E-state index in [-0.39, 0.29) is 11.8 Å². The summed E-state index contributed by atoms with van der Waals surface area (Å²) in [6.45, 7) is 5.40. The molecule has 0 atom stereocenters. The fourth-order valence-corrected chi connectivity index (χ4v) is 4.09.